The standard InChI is InChI=1S/C20H25F2N3O2/c21-15-4-5-16(17(22)11-15)18(26)24-7-9-25(10-8-24)19(27)20-6-2-1-3-14(20)12-23-13-20/h4-5,11,14,23H,1-3,6-10,12-13H2/t14-,20+/m0/s1. The molecule has 0 unspecified atom stereocenters. The maximum absolute atomic E-state index is 13.9. The van der Waals surface area contributed by atoms with Crippen LogP contribution in [0, 0.1) is 23.0 Å². The van der Waals surface area contributed by atoms with Gasteiger partial charge in [0.2, 0.25) is 5.91 Å². The summed E-state index contributed by atoms with van der Waals surface area (Å²) in [6.07, 6.45) is 4.31. The zero-order valence-corrected chi connectivity index (χ0v) is 15.3. The lowest BCUT2D eigenvalue weighted by Crippen LogP contribution is -2.56. The Labute approximate surface area is 157 Å². The number of carbonyl (C=O) groups excluding carboxylic acids is 2. The summed E-state index contributed by atoms with van der Waals surface area (Å²) >= 11 is 0. The first-order chi connectivity index (χ1) is 13.0. The number of amides is 2. The fourth-order valence-electron chi connectivity index (χ4n) is 4.93. The van der Waals surface area contributed by atoms with Gasteiger partial charge in [0.15, 0.2) is 0 Å². The number of halogens is 2. The Bertz CT molecular complexity index is 749. The summed E-state index contributed by atoms with van der Waals surface area (Å²) in [6.45, 7) is 3.32. The summed E-state index contributed by atoms with van der Waals surface area (Å²) < 4.78 is 27.0. The molecule has 1 aromatic rings. The summed E-state index contributed by atoms with van der Waals surface area (Å²) in [6, 6.07) is 2.99. The predicted molar refractivity (Wildman–Crippen MR) is 96.1 cm³/mol. The molecule has 1 aliphatic carbocycles. The van der Waals surface area contributed by atoms with Gasteiger partial charge in [-0.3, -0.25) is 9.59 Å². The molecule has 1 aromatic carbocycles. The van der Waals surface area contributed by atoms with Gasteiger partial charge in [0.05, 0.1) is 11.0 Å². The topological polar surface area (TPSA) is 52.7 Å². The second kappa shape index (κ2) is 7.19. The molecule has 0 radical (unpaired) electrons. The Kier molecular flexibility index (Phi) is 4.88. The molecule has 7 heteroatoms. The molecule has 2 atom stereocenters. The van der Waals surface area contributed by atoms with Gasteiger partial charge < -0.3 is 15.1 Å². The van der Waals surface area contributed by atoms with E-state index in [9.17, 15) is 18.4 Å². The van der Waals surface area contributed by atoms with Crippen molar-refractivity contribution >= 4 is 11.8 Å². The monoisotopic (exact) mass is 377 g/mol. The number of hydrogen-bond acceptors (Lipinski definition) is 3. The molecule has 146 valence electrons. The van der Waals surface area contributed by atoms with Gasteiger partial charge >= 0.3 is 0 Å². The van der Waals surface area contributed by atoms with Gasteiger partial charge in [-0.2, -0.15) is 0 Å². The maximum Gasteiger partial charge on any atom is 0.256 e. The van der Waals surface area contributed by atoms with Crippen molar-refractivity contribution in [1.29, 1.82) is 0 Å². The maximum atomic E-state index is 13.9. The number of nitrogens with one attached hydrogen (secondary N) is 1. The van der Waals surface area contributed by atoms with Crippen molar-refractivity contribution in [3.8, 4) is 0 Å². The van der Waals surface area contributed by atoms with Crippen LogP contribution in [0.2, 0.25) is 0 Å². The highest BCUT2D eigenvalue weighted by Crippen LogP contribution is 2.45. The summed E-state index contributed by atoms with van der Waals surface area (Å²) in [5.41, 5.74) is -0.407. The number of benzene rings is 1. The van der Waals surface area contributed by atoms with Crippen molar-refractivity contribution < 1.29 is 18.4 Å². The zero-order valence-electron chi connectivity index (χ0n) is 15.3. The van der Waals surface area contributed by atoms with Gasteiger partial charge in [0.1, 0.15) is 11.6 Å². The lowest BCUT2D eigenvalue weighted by molar-refractivity contribution is -0.146. The van der Waals surface area contributed by atoms with Crippen molar-refractivity contribution in [3.05, 3.63) is 35.4 Å². The minimum absolute atomic E-state index is 0.123. The van der Waals surface area contributed by atoms with Gasteiger partial charge in [-0.15, -0.1) is 0 Å². The van der Waals surface area contributed by atoms with Crippen molar-refractivity contribution in [2.45, 2.75) is 25.7 Å². The molecule has 1 N–H and O–H groups in total. The molecule has 0 bridgehead atoms. The van der Waals surface area contributed by atoms with E-state index < -0.39 is 17.5 Å². The van der Waals surface area contributed by atoms with Crippen molar-refractivity contribution in [3.63, 3.8) is 0 Å². The van der Waals surface area contributed by atoms with Crippen LogP contribution < -0.4 is 5.32 Å². The summed E-state index contributed by atoms with van der Waals surface area (Å²) in [4.78, 5) is 29.2. The largest absolute Gasteiger partial charge is 0.339 e. The van der Waals surface area contributed by atoms with Crippen molar-refractivity contribution in [2.75, 3.05) is 39.3 Å². The highest BCUT2D eigenvalue weighted by atomic mass is 19.1. The molecular weight excluding hydrogens is 352 g/mol. The molecular formula is C20H25F2N3O2. The second-order valence-corrected chi connectivity index (χ2v) is 7.94. The zero-order chi connectivity index (χ0) is 19.0. The van der Waals surface area contributed by atoms with Crippen LogP contribution in [-0.4, -0.2) is 60.9 Å². The Balaban J connectivity index is 1.41. The number of nitrogens with zero attached hydrogens (tertiary/aromatic N) is 2. The molecule has 27 heavy (non-hydrogen) atoms. The van der Waals surface area contributed by atoms with E-state index in [2.05, 4.69) is 5.32 Å². The molecule has 2 heterocycles. The third-order valence-corrected chi connectivity index (χ3v) is 6.48. The molecule has 2 amide bonds. The molecule has 5 nitrogen and oxygen atoms in total. The Morgan fingerprint density at radius 3 is 2.56 bits per heavy atom. The fourth-order valence-corrected chi connectivity index (χ4v) is 4.93. The lowest BCUT2D eigenvalue weighted by atomic mass is 9.67. The third kappa shape index (κ3) is 3.22. The van der Waals surface area contributed by atoms with Crippen LogP contribution in [0.1, 0.15) is 36.0 Å². The normalized spacial score (nSPS) is 28.1. The van der Waals surface area contributed by atoms with Gasteiger partial charge in [-0.1, -0.05) is 12.8 Å². The fraction of sp³-hybridized carbons (Fsp3) is 0.600. The summed E-state index contributed by atoms with van der Waals surface area (Å²) in [5, 5.41) is 3.40. The minimum Gasteiger partial charge on any atom is -0.339 e. The molecule has 2 aliphatic heterocycles. The van der Waals surface area contributed by atoms with E-state index in [1.807, 2.05) is 4.90 Å². The number of hydrogen-bond donors (Lipinski definition) is 1. The van der Waals surface area contributed by atoms with E-state index >= 15 is 0 Å². The van der Waals surface area contributed by atoms with E-state index in [-0.39, 0.29) is 16.9 Å². The summed E-state index contributed by atoms with van der Waals surface area (Å²) in [5.74, 6) is -1.38. The van der Waals surface area contributed by atoms with E-state index in [0.29, 0.717) is 32.1 Å². The lowest BCUT2D eigenvalue weighted by Gasteiger charge is -2.43. The molecule has 0 spiro atoms. The Morgan fingerprint density at radius 1 is 1.07 bits per heavy atom. The van der Waals surface area contributed by atoms with Crippen LogP contribution >= 0.6 is 0 Å². The van der Waals surface area contributed by atoms with Crippen LogP contribution in [0.5, 0.6) is 0 Å². The molecule has 3 fully saturated rings. The Morgan fingerprint density at radius 2 is 1.81 bits per heavy atom. The van der Waals surface area contributed by atoms with Crippen molar-refractivity contribution in [2.24, 2.45) is 11.3 Å². The SMILES string of the molecule is O=C(c1ccc(F)cc1F)N1CCN(C(=O)[C@@]23CCCC[C@H]2CNC3)CC1. The van der Waals surface area contributed by atoms with Gasteiger partial charge in [0.25, 0.3) is 5.91 Å². The van der Waals surface area contributed by atoms with Crippen LogP contribution in [0.3, 0.4) is 0 Å². The van der Waals surface area contributed by atoms with Gasteiger partial charge in [-0.05, 0) is 37.4 Å². The number of carbonyl (C=O) groups is 2. The predicted octanol–water partition coefficient (Wildman–Crippen LogP) is 2.03. The van der Waals surface area contributed by atoms with E-state index in [4.69, 9.17) is 0 Å². The van der Waals surface area contributed by atoms with Crippen LogP contribution in [0.15, 0.2) is 18.2 Å². The molecule has 3 aliphatic rings. The second-order valence-electron chi connectivity index (χ2n) is 7.94. The van der Waals surface area contributed by atoms with Crippen LogP contribution in [0.25, 0.3) is 0 Å². The van der Waals surface area contributed by atoms with E-state index in [1.54, 1.807) is 4.90 Å². The number of rotatable bonds is 2. The van der Waals surface area contributed by atoms with Crippen LogP contribution in [0.4, 0.5) is 8.78 Å². The van der Waals surface area contributed by atoms with Crippen molar-refractivity contribution in [1.82, 2.24) is 15.1 Å². The van der Waals surface area contributed by atoms with Crippen LogP contribution in [-0.2, 0) is 4.79 Å². The third-order valence-electron chi connectivity index (χ3n) is 6.48. The summed E-state index contributed by atoms with van der Waals surface area (Å²) in [7, 11) is 0. The van der Waals surface area contributed by atoms with Gasteiger partial charge in [-0.25, -0.2) is 8.78 Å². The molecule has 0 aromatic heterocycles. The smallest absolute Gasteiger partial charge is 0.256 e. The minimum atomic E-state index is -0.848. The highest BCUT2D eigenvalue weighted by molar-refractivity contribution is 5.94. The van der Waals surface area contributed by atoms with E-state index in [0.717, 1.165) is 44.5 Å². The number of fused-ring (bicyclic) bond motifs is 1. The first-order valence-electron chi connectivity index (χ1n) is 9.76. The first kappa shape index (κ1) is 18.3. The molecule has 2 saturated heterocycles. The Hall–Kier alpha value is -2.02. The molecule has 4 rings (SSSR count). The van der Waals surface area contributed by atoms with E-state index in [1.165, 1.54) is 12.5 Å². The first-order valence-corrected chi connectivity index (χ1v) is 9.76. The quantitative estimate of drug-likeness (QED) is 0.858. The highest BCUT2D eigenvalue weighted by Gasteiger charge is 2.51. The number of piperazine rings is 1. The average Bonchev–Trinajstić information content (AvgIpc) is 3.12. The van der Waals surface area contributed by atoms with Gasteiger partial charge in [0, 0.05) is 38.8 Å². The molecule has 1 saturated carbocycles. The average molecular weight is 377 g/mol.